The predicted molar refractivity (Wildman–Crippen MR) is 94.1 cm³/mol. The molecule has 0 bridgehead atoms. The summed E-state index contributed by atoms with van der Waals surface area (Å²) in [5.41, 5.74) is 8.71. The SMILES string of the molecule is Cc1cccc(C2CCCN2C(=O)CC2(CN)CCCCC2)c1. The highest BCUT2D eigenvalue weighted by Gasteiger charge is 2.37. The van der Waals surface area contributed by atoms with E-state index in [0.29, 0.717) is 18.9 Å². The fourth-order valence-electron chi connectivity index (χ4n) is 4.47. The molecule has 3 nitrogen and oxygen atoms in total. The zero-order chi connectivity index (χ0) is 16.3. The molecule has 1 unspecified atom stereocenters. The van der Waals surface area contributed by atoms with Crippen molar-refractivity contribution in [3.63, 3.8) is 0 Å². The molecule has 2 fully saturated rings. The summed E-state index contributed by atoms with van der Waals surface area (Å²) in [7, 11) is 0. The number of carbonyl (C=O) groups excluding carboxylic acids is 1. The molecule has 1 aromatic rings. The van der Waals surface area contributed by atoms with Crippen LogP contribution in [0.2, 0.25) is 0 Å². The van der Waals surface area contributed by atoms with Crippen molar-refractivity contribution in [1.29, 1.82) is 0 Å². The molecular formula is C20H30N2O. The van der Waals surface area contributed by atoms with Crippen LogP contribution < -0.4 is 5.73 Å². The van der Waals surface area contributed by atoms with Gasteiger partial charge >= 0.3 is 0 Å². The summed E-state index contributed by atoms with van der Waals surface area (Å²) in [4.78, 5) is 15.1. The van der Waals surface area contributed by atoms with E-state index in [1.165, 1.54) is 30.4 Å². The number of benzene rings is 1. The summed E-state index contributed by atoms with van der Waals surface area (Å²) >= 11 is 0. The number of amides is 1. The molecular weight excluding hydrogens is 284 g/mol. The van der Waals surface area contributed by atoms with Crippen LogP contribution in [0.25, 0.3) is 0 Å². The summed E-state index contributed by atoms with van der Waals surface area (Å²) < 4.78 is 0. The van der Waals surface area contributed by atoms with Crippen molar-refractivity contribution in [1.82, 2.24) is 4.90 Å². The molecule has 1 saturated heterocycles. The van der Waals surface area contributed by atoms with Crippen molar-refractivity contribution in [2.75, 3.05) is 13.1 Å². The summed E-state index contributed by atoms with van der Waals surface area (Å²) in [5, 5.41) is 0. The highest BCUT2D eigenvalue weighted by Crippen LogP contribution is 2.41. The Kier molecular flexibility index (Phi) is 5.05. The van der Waals surface area contributed by atoms with Gasteiger partial charge in [0.1, 0.15) is 0 Å². The van der Waals surface area contributed by atoms with Crippen LogP contribution in [0, 0.1) is 12.3 Å². The van der Waals surface area contributed by atoms with Crippen LogP contribution >= 0.6 is 0 Å². The van der Waals surface area contributed by atoms with Gasteiger partial charge in [0.25, 0.3) is 0 Å². The van der Waals surface area contributed by atoms with Crippen LogP contribution in [0.3, 0.4) is 0 Å². The molecule has 0 radical (unpaired) electrons. The van der Waals surface area contributed by atoms with Gasteiger partial charge in [0.15, 0.2) is 0 Å². The smallest absolute Gasteiger partial charge is 0.223 e. The van der Waals surface area contributed by atoms with Gasteiger partial charge in [0.2, 0.25) is 5.91 Å². The Morgan fingerprint density at radius 1 is 1.26 bits per heavy atom. The standard InChI is InChI=1S/C20H30N2O/c1-16-7-5-8-17(13-16)18-9-6-12-22(18)19(23)14-20(15-21)10-3-2-4-11-20/h5,7-8,13,18H,2-4,6,9-12,14-15,21H2,1H3. The van der Waals surface area contributed by atoms with Gasteiger partial charge in [-0.15, -0.1) is 0 Å². The minimum atomic E-state index is 0.0646. The molecule has 3 heteroatoms. The van der Waals surface area contributed by atoms with E-state index in [1.807, 2.05) is 0 Å². The largest absolute Gasteiger partial charge is 0.336 e. The first-order valence-corrected chi connectivity index (χ1v) is 9.20. The van der Waals surface area contributed by atoms with E-state index in [1.54, 1.807) is 0 Å². The van der Waals surface area contributed by atoms with Gasteiger partial charge in [-0.2, -0.15) is 0 Å². The maximum Gasteiger partial charge on any atom is 0.223 e. The lowest BCUT2D eigenvalue weighted by molar-refractivity contribution is -0.135. The molecule has 2 aliphatic rings. The molecule has 0 spiro atoms. The molecule has 1 aliphatic carbocycles. The third-order valence-corrected chi connectivity index (χ3v) is 5.87. The van der Waals surface area contributed by atoms with E-state index in [0.717, 1.165) is 32.2 Å². The van der Waals surface area contributed by atoms with Crippen molar-refractivity contribution < 1.29 is 4.79 Å². The number of hydrogen-bond acceptors (Lipinski definition) is 2. The lowest BCUT2D eigenvalue weighted by Crippen LogP contribution is -2.40. The highest BCUT2D eigenvalue weighted by atomic mass is 16.2. The Balaban J connectivity index is 1.73. The van der Waals surface area contributed by atoms with E-state index < -0.39 is 0 Å². The number of likely N-dealkylation sites (tertiary alicyclic amines) is 1. The monoisotopic (exact) mass is 314 g/mol. The van der Waals surface area contributed by atoms with Gasteiger partial charge in [-0.1, -0.05) is 49.1 Å². The molecule has 1 aromatic carbocycles. The van der Waals surface area contributed by atoms with Gasteiger partial charge in [-0.05, 0) is 50.1 Å². The van der Waals surface area contributed by atoms with Gasteiger partial charge in [0.05, 0.1) is 6.04 Å². The molecule has 0 aromatic heterocycles. The molecule has 1 amide bonds. The molecule has 23 heavy (non-hydrogen) atoms. The quantitative estimate of drug-likeness (QED) is 0.914. The molecule has 1 aliphatic heterocycles. The number of carbonyl (C=O) groups is 1. The van der Waals surface area contributed by atoms with E-state index in [-0.39, 0.29) is 11.5 Å². The Bertz CT molecular complexity index is 548. The van der Waals surface area contributed by atoms with Crippen molar-refractivity contribution in [3.05, 3.63) is 35.4 Å². The van der Waals surface area contributed by atoms with Crippen molar-refractivity contribution >= 4 is 5.91 Å². The Hall–Kier alpha value is -1.35. The number of nitrogens with two attached hydrogens (primary N) is 1. The number of hydrogen-bond donors (Lipinski definition) is 1. The van der Waals surface area contributed by atoms with Crippen molar-refractivity contribution in [2.24, 2.45) is 11.1 Å². The maximum atomic E-state index is 13.0. The van der Waals surface area contributed by atoms with Gasteiger partial charge in [-0.25, -0.2) is 0 Å². The Morgan fingerprint density at radius 2 is 2.04 bits per heavy atom. The normalized spacial score (nSPS) is 23.9. The fraction of sp³-hybridized carbons (Fsp3) is 0.650. The second-order valence-corrected chi connectivity index (χ2v) is 7.60. The van der Waals surface area contributed by atoms with Crippen LogP contribution in [0.1, 0.15) is 68.5 Å². The first-order valence-electron chi connectivity index (χ1n) is 9.20. The van der Waals surface area contributed by atoms with E-state index in [9.17, 15) is 4.79 Å². The molecule has 1 atom stereocenters. The summed E-state index contributed by atoms with van der Waals surface area (Å²) in [6.07, 6.45) is 8.84. The zero-order valence-corrected chi connectivity index (χ0v) is 14.4. The summed E-state index contributed by atoms with van der Waals surface area (Å²) in [5.74, 6) is 0.321. The van der Waals surface area contributed by atoms with E-state index in [2.05, 4.69) is 36.1 Å². The first-order chi connectivity index (χ1) is 11.1. The highest BCUT2D eigenvalue weighted by molar-refractivity contribution is 5.78. The average molecular weight is 314 g/mol. The molecule has 1 saturated carbocycles. The van der Waals surface area contributed by atoms with Crippen LogP contribution in [-0.2, 0) is 4.79 Å². The second-order valence-electron chi connectivity index (χ2n) is 7.60. The van der Waals surface area contributed by atoms with Crippen LogP contribution in [-0.4, -0.2) is 23.9 Å². The first kappa shape index (κ1) is 16.5. The number of nitrogens with zero attached hydrogens (tertiary/aromatic N) is 1. The molecule has 1 heterocycles. The summed E-state index contributed by atoms with van der Waals surface area (Å²) in [6, 6.07) is 8.89. The average Bonchev–Trinajstić information content (AvgIpc) is 3.05. The van der Waals surface area contributed by atoms with Crippen LogP contribution in [0.4, 0.5) is 0 Å². The molecule has 3 rings (SSSR count). The predicted octanol–water partition coefficient (Wildman–Crippen LogP) is 3.96. The van der Waals surface area contributed by atoms with Gasteiger partial charge < -0.3 is 10.6 Å². The van der Waals surface area contributed by atoms with Gasteiger partial charge in [-0.3, -0.25) is 4.79 Å². The topological polar surface area (TPSA) is 46.3 Å². The van der Waals surface area contributed by atoms with E-state index in [4.69, 9.17) is 5.73 Å². The van der Waals surface area contributed by atoms with Gasteiger partial charge in [0, 0.05) is 13.0 Å². The Labute approximate surface area is 140 Å². The second kappa shape index (κ2) is 7.04. The zero-order valence-electron chi connectivity index (χ0n) is 14.4. The van der Waals surface area contributed by atoms with Crippen molar-refractivity contribution in [3.8, 4) is 0 Å². The minimum Gasteiger partial charge on any atom is -0.336 e. The summed E-state index contributed by atoms with van der Waals surface area (Å²) in [6.45, 7) is 3.68. The van der Waals surface area contributed by atoms with Crippen LogP contribution in [0.5, 0.6) is 0 Å². The minimum absolute atomic E-state index is 0.0646. The third-order valence-electron chi connectivity index (χ3n) is 5.87. The lowest BCUT2D eigenvalue weighted by Gasteiger charge is -2.37. The molecule has 126 valence electrons. The Morgan fingerprint density at radius 3 is 2.74 bits per heavy atom. The number of rotatable bonds is 4. The third kappa shape index (κ3) is 3.60. The lowest BCUT2D eigenvalue weighted by atomic mass is 9.71. The van der Waals surface area contributed by atoms with E-state index >= 15 is 0 Å². The fourth-order valence-corrected chi connectivity index (χ4v) is 4.47. The molecule has 2 N–H and O–H groups in total. The number of aryl methyl sites for hydroxylation is 1. The van der Waals surface area contributed by atoms with Crippen molar-refractivity contribution in [2.45, 2.75) is 64.3 Å². The maximum absolute atomic E-state index is 13.0. The van der Waals surface area contributed by atoms with Crippen LogP contribution in [0.15, 0.2) is 24.3 Å².